The van der Waals surface area contributed by atoms with E-state index >= 15 is 0 Å². The number of hydrogen-bond donors (Lipinski definition) is 1. The summed E-state index contributed by atoms with van der Waals surface area (Å²) < 4.78 is 0. The number of halogens is 1. The van der Waals surface area contributed by atoms with Gasteiger partial charge in [0, 0.05) is 38.8 Å². The number of nitrogens with zero attached hydrogens (tertiary/aromatic N) is 5. The Morgan fingerprint density at radius 2 is 1.90 bits per heavy atom. The average Bonchev–Trinajstić information content (AvgIpc) is 3.29. The monoisotopic (exact) mass is 296 g/mol. The van der Waals surface area contributed by atoms with Gasteiger partial charge in [-0.25, -0.2) is 0 Å². The van der Waals surface area contributed by atoms with Gasteiger partial charge in [0.25, 0.3) is 0 Å². The Kier molecular flexibility index (Phi) is 4.21. The van der Waals surface area contributed by atoms with E-state index in [0.717, 1.165) is 45.2 Å². The van der Waals surface area contributed by atoms with Crippen LogP contribution >= 0.6 is 11.6 Å². The highest BCUT2D eigenvalue weighted by molar-refractivity contribution is 6.28. The molecule has 1 aliphatic heterocycles. The quantitative estimate of drug-likeness (QED) is 0.891. The Balaban J connectivity index is 1.65. The van der Waals surface area contributed by atoms with Gasteiger partial charge in [0.15, 0.2) is 0 Å². The van der Waals surface area contributed by atoms with Crippen molar-refractivity contribution in [3.05, 3.63) is 5.28 Å². The van der Waals surface area contributed by atoms with Crippen LogP contribution in [0.25, 0.3) is 0 Å². The molecule has 0 amide bonds. The molecule has 2 heterocycles. The number of anilines is 2. The van der Waals surface area contributed by atoms with Gasteiger partial charge in [-0.1, -0.05) is 6.92 Å². The number of rotatable bonds is 5. The van der Waals surface area contributed by atoms with E-state index in [9.17, 15) is 0 Å². The van der Waals surface area contributed by atoms with Crippen LogP contribution < -0.4 is 10.2 Å². The van der Waals surface area contributed by atoms with Gasteiger partial charge >= 0.3 is 0 Å². The standard InChI is InChI=1S/C13H21ClN6/c1-2-5-15-12-16-11(14)17-13(18-12)20-8-6-19(7-9-20)10-3-4-10/h10H,2-9H2,1H3,(H,15,16,17,18). The fourth-order valence-electron chi connectivity index (χ4n) is 2.52. The highest BCUT2D eigenvalue weighted by Gasteiger charge is 2.31. The molecule has 2 aliphatic rings. The van der Waals surface area contributed by atoms with Gasteiger partial charge in [-0.15, -0.1) is 0 Å². The summed E-state index contributed by atoms with van der Waals surface area (Å²) in [5, 5.41) is 3.43. The van der Waals surface area contributed by atoms with Crippen LogP contribution in [0.5, 0.6) is 0 Å². The highest BCUT2D eigenvalue weighted by atomic mass is 35.5. The Labute approximate surface area is 124 Å². The Morgan fingerprint density at radius 3 is 2.55 bits per heavy atom. The van der Waals surface area contributed by atoms with Crippen LogP contribution in [0, 0.1) is 0 Å². The lowest BCUT2D eigenvalue weighted by molar-refractivity contribution is 0.247. The molecule has 7 heteroatoms. The molecule has 0 bridgehead atoms. The molecule has 1 saturated heterocycles. The van der Waals surface area contributed by atoms with Crippen molar-refractivity contribution in [3.8, 4) is 0 Å². The highest BCUT2D eigenvalue weighted by Crippen LogP contribution is 2.28. The molecule has 0 spiro atoms. The van der Waals surface area contributed by atoms with Crippen LogP contribution in [0.2, 0.25) is 5.28 Å². The second-order valence-electron chi connectivity index (χ2n) is 5.41. The minimum Gasteiger partial charge on any atom is -0.354 e. The van der Waals surface area contributed by atoms with Crippen LogP contribution in [0.4, 0.5) is 11.9 Å². The van der Waals surface area contributed by atoms with Crippen LogP contribution in [-0.4, -0.2) is 58.6 Å². The van der Waals surface area contributed by atoms with Crippen molar-refractivity contribution in [1.29, 1.82) is 0 Å². The molecule has 0 aromatic carbocycles. The first kappa shape index (κ1) is 13.8. The van der Waals surface area contributed by atoms with E-state index in [0.29, 0.717) is 11.9 Å². The number of nitrogens with one attached hydrogen (secondary N) is 1. The first-order chi connectivity index (χ1) is 9.76. The Morgan fingerprint density at radius 1 is 1.15 bits per heavy atom. The van der Waals surface area contributed by atoms with Gasteiger partial charge < -0.3 is 10.2 Å². The normalized spacial score (nSPS) is 20.2. The van der Waals surface area contributed by atoms with Crippen molar-refractivity contribution in [2.45, 2.75) is 32.2 Å². The van der Waals surface area contributed by atoms with Crippen molar-refractivity contribution in [2.24, 2.45) is 0 Å². The minimum absolute atomic E-state index is 0.262. The van der Waals surface area contributed by atoms with E-state index < -0.39 is 0 Å². The summed E-state index contributed by atoms with van der Waals surface area (Å²) in [4.78, 5) is 17.6. The second-order valence-corrected chi connectivity index (χ2v) is 5.75. The predicted molar refractivity (Wildman–Crippen MR) is 80.4 cm³/mol. The fraction of sp³-hybridized carbons (Fsp3) is 0.769. The van der Waals surface area contributed by atoms with E-state index in [1.54, 1.807) is 0 Å². The SMILES string of the molecule is CCCNc1nc(Cl)nc(N2CCN(C3CC3)CC2)n1. The molecule has 1 N–H and O–H groups in total. The Bertz CT molecular complexity index is 456. The second kappa shape index (κ2) is 6.10. The van der Waals surface area contributed by atoms with Gasteiger partial charge in [-0.3, -0.25) is 4.90 Å². The molecule has 6 nitrogen and oxygen atoms in total. The Hall–Kier alpha value is -1.14. The fourth-order valence-corrected chi connectivity index (χ4v) is 2.68. The summed E-state index contributed by atoms with van der Waals surface area (Å²) in [6.45, 7) is 7.05. The van der Waals surface area contributed by atoms with Gasteiger partial charge in [0.2, 0.25) is 17.2 Å². The van der Waals surface area contributed by atoms with E-state index in [-0.39, 0.29) is 5.28 Å². The number of hydrogen-bond acceptors (Lipinski definition) is 6. The van der Waals surface area contributed by atoms with Crippen molar-refractivity contribution in [3.63, 3.8) is 0 Å². The lowest BCUT2D eigenvalue weighted by atomic mass is 10.3. The maximum atomic E-state index is 6.00. The third-order valence-electron chi connectivity index (χ3n) is 3.79. The largest absolute Gasteiger partial charge is 0.354 e. The number of aromatic nitrogens is 3. The zero-order valence-electron chi connectivity index (χ0n) is 11.8. The lowest BCUT2D eigenvalue weighted by Crippen LogP contribution is -2.47. The lowest BCUT2D eigenvalue weighted by Gasteiger charge is -2.34. The third-order valence-corrected chi connectivity index (χ3v) is 3.96. The van der Waals surface area contributed by atoms with Crippen molar-refractivity contribution >= 4 is 23.5 Å². The van der Waals surface area contributed by atoms with Gasteiger partial charge in [-0.05, 0) is 30.9 Å². The molecule has 1 saturated carbocycles. The van der Waals surface area contributed by atoms with Gasteiger partial charge in [-0.2, -0.15) is 15.0 Å². The van der Waals surface area contributed by atoms with Gasteiger partial charge in [0.05, 0.1) is 0 Å². The number of piperazine rings is 1. The summed E-state index contributed by atoms with van der Waals surface area (Å²) in [6.07, 6.45) is 3.75. The maximum absolute atomic E-state index is 6.00. The topological polar surface area (TPSA) is 57.2 Å². The van der Waals surface area contributed by atoms with Crippen LogP contribution in [0.1, 0.15) is 26.2 Å². The van der Waals surface area contributed by atoms with E-state index in [4.69, 9.17) is 11.6 Å². The summed E-state index contributed by atoms with van der Waals surface area (Å²) in [5.41, 5.74) is 0. The molecule has 0 unspecified atom stereocenters. The first-order valence-electron chi connectivity index (χ1n) is 7.40. The molecule has 0 radical (unpaired) electrons. The van der Waals surface area contributed by atoms with E-state index in [1.165, 1.54) is 12.8 Å². The zero-order valence-corrected chi connectivity index (χ0v) is 12.6. The molecule has 2 fully saturated rings. The summed E-state index contributed by atoms with van der Waals surface area (Å²) in [7, 11) is 0. The summed E-state index contributed by atoms with van der Waals surface area (Å²) in [6, 6.07) is 0.834. The molecule has 110 valence electrons. The third kappa shape index (κ3) is 3.30. The van der Waals surface area contributed by atoms with Crippen molar-refractivity contribution in [2.75, 3.05) is 42.9 Å². The molecule has 1 aliphatic carbocycles. The first-order valence-corrected chi connectivity index (χ1v) is 7.78. The molecule has 1 aromatic heterocycles. The molecule has 1 aromatic rings. The molecule has 20 heavy (non-hydrogen) atoms. The van der Waals surface area contributed by atoms with Crippen molar-refractivity contribution < 1.29 is 0 Å². The summed E-state index contributed by atoms with van der Waals surface area (Å²) >= 11 is 6.00. The molecular formula is C13H21ClN6. The van der Waals surface area contributed by atoms with E-state index in [1.807, 2.05) is 0 Å². The smallest absolute Gasteiger partial charge is 0.231 e. The van der Waals surface area contributed by atoms with Crippen LogP contribution in [0.3, 0.4) is 0 Å². The average molecular weight is 297 g/mol. The van der Waals surface area contributed by atoms with Crippen molar-refractivity contribution in [1.82, 2.24) is 19.9 Å². The van der Waals surface area contributed by atoms with Gasteiger partial charge in [0.1, 0.15) is 0 Å². The van der Waals surface area contributed by atoms with Crippen LogP contribution in [0.15, 0.2) is 0 Å². The molecular weight excluding hydrogens is 276 g/mol. The summed E-state index contributed by atoms with van der Waals surface area (Å²) in [5.74, 6) is 1.27. The van der Waals surface area contributed by atoms with Crippen LogP contribution in [-0.2, 0) is 0 Å². The zero-order chi connectivity index (χ0) is 13.9. The molecule has 3 rings (SSSR count). The van der Waals surface area contributed by atoms with E-state index in [2.05, 4.69) is 37.0 Å². The molecule has 0 atom stereocenters. The maximum Gasteiger partial charge on any atom is 0.231 e. The minimum atomic E-state index is 0.262. The predicted octanol–water partition coefficient (Wildman–Crippen LogP) is 1.63.